The third-order valence-corrected chi connectivity index (χ3v) is 5.35. The van der Waals surface area contributed by atoms with Gasteiger partial charge in [0.15, 0.2) is 5.82 Å². The maximum atomic E-state index is 5.61. The van der Waals surface area contributed by atoms with Gasteiger partial charge in [0, 0.05) is 26.2 Å². The minimum atomic E-state index is 0.395. The molecule has 0 bridgehead atoms. The molecule has 2 aromatic carbocycles. The number of hydrogen-bond acceptors (Lipinski definition) is 6. The van der Waals surface area contributed by atoms with Crippen LogP contribution >= 0.6 is 11.3 Å². The van der Waals surface area contributed by atoms with E-state index in [2.05, 4.69) is 62.1 Å². The zero-order valence-electron chi connectivity index (χ0n) is 13.6. The number of hydrogen-bond donors (Lipinski definition) is 3. The lowest BCUT2D eigenvalue weighted by Gasteiger charge is -2.08. The summed E-state index contributed by atoms with van der Waals surface area (Å²) < 4.78 is 1.26. The number of aromatic amines is 1. The number of anilines is 3. The number of H-pyrrole nitrogens is 1. The highest BCUT2D eigenvalue weighted by Crippen LogP contribution is 2.38. The van der Waals surface area contributed by atoms with Crippen molar-refractivity contribution in [3.63, 3.8) is 0 Å². The fraction of sp³-hybridized carbons (Fsp3) is 0. The van der Waals surface area contributed by atoms with Gasteiger partial charge in [-0.05, 0) is 41.8 Å². The molecule has 0 aliphatic carbocycles. The van der Waals surface area contributed by atoms with Crippen LogP contribution in [0.25, 0.3) is 31.4 Å². The van der Waals surface area contributed by atoms with Crippen molar-refractivity contribution in [2.24, 2.45) is 0 Å². The van der Waals surface area contributed by atoms with E-state index in [9.17, 15) is 0 Å². The molecule has 0 radical (unpaired) electrons. The van der Waals surface area contributed by atoms with Crippen LogP contribution in [0.3, 0.4) is 0 Å². The van der Waals surface area contributed by atoms with E-state index in [1.54, 1.807) is 23.5 Å². The first-order valence-corrected chi connectivity index (χ1v) is 8.90. The summed E-state index contributed by atoms with van der Waals surface area (Å²) in [5.41, 5.74) is 8.65. The molecule has 0 fully saturated rings. The Morgan fingerprint density at radius 3 is 2.73 bits per heavy atom. The lowest BCUT2D eigenvalue weighted by molar-refractivity contribution is 1.05. The van der Waals surface area contributed by atoms with E-state index in [1.165, 1.54) is 15.0 Å². The van der Waals surface area contributed by atoms with Crippen LogP contribution in [0, 0.1) is 0 Å². The average Bonchev–Trinajstić information content (AvgIpc) is 3.29. The molecule has 3 heterocycles. The van der Waals surface area contributed by atoms with Crippen LogP contribution in [0.2, 0.25) is 0 Å². The minimum Gasteiger partial charge on any atom is -0.382 e. The molecule has 0 unspecified atom stereocenters. The molecule has 0 saturated carbocycles. The SMILES string of the molecule is Nc1ccc(Nc2cc(-c3cc4ccccc4s3)c3[nH]ncc3c2)nn1. The zero-order valence-corrected chi connectivity index (χ0v) is 14.4. The maximum Gasteiger partial charge on any atom is 0.153 e. The van der Waals surface area contributed by atoms with E-state index >= 15 is 0 Å². The molecule has 0 spiro atoms. The number of benzene rings is 2. The van der Waals surface area contributed by atoms with Crippen molar-refractivity contribution in [3.8, 4) is 10.4 Å². The van der Waals surface area contributed by atoms with Gasteiger partial charge in [-0.2, -0.15) is 5.10 Å². The van der Waals surface area contributed by atoms with E-state index < -0.39 is 0 Å². The van der Waals surface area contributed by atoms with Crippen LogP contribution in [0.4, 0.5) is 17.3 Å². The lowest BCUT2D eigenvalue weighted by Crippen LogP contribution is -1.98. The van der Waals surface area contributed by atoms with Crippen LogP contribution in [-0.2, 0) is 0 Å². The van der Waals surface area contributed by atoms with Crippen molar-refractivity contribution in [2.75, 3.05) is 11.1 Å². The van der Waals surface area contributed by atoms with Gasteiger partial charge >= 0.3 is 0 Å². The second-order valence-electron chi connectivity index (χ2n) is 5.97. The maximum absolute atomic E-state index is 5.61. The highest BCUT2D eigenvalue weighted by molar-refractivity contribution is 7.22. The highest BCUT2D eigenvalue weighted by Gasteiger charge is 2.12. The number of nitrogens with one attached hydrogen (secondary N) is 2. The quantitative estimate of drug-likeness (QED) is 0.440. The van der Waals surface area contributed by atoms with Gasteiger partial charge in [0.2, 0.25) is 0 Å². The number of nitrogens with two attached hydrogens (primary N) is 1. The fourth-order valence-corrected chi connectivity index (χ4v) is 4.08. The van der Waals surface area contributed by atoms with Crippen LogP contribution in [0.5, 0.6) is 0 Å². The summed E-state index contributed by atoms with van der Waals surface area (Å²) >= 11 is 1.77. The Hall–Kier alpha value is -3.45. The molecule has 5 rings (SSSR count). The van der Waals surface area contributed by atoms with Crippen LogP contribution < -0.4 is 11.1 Å². The van der Waals surface area contributed by atoms with Crippen LogP contribution in [0.15, 0.2) is 60.8 Å². The number of rotatable bonds is 3. The summed E-state index contributed by atoms with van der Waals surface area (Å²) in [6.45, 7) is 0. The van der Waals surface area contributed by atoms with Gasteiger partial charge in [-0.15, -0.1) is 21.5 Å². The Bertz CT molecular complexity index is 1190. The Labute approximate surface area is 152 Å². The van der Waals surface area contributed by atoms with Crippen LogP contribution in [0.1, 0.15) is 0 Å². The standard InChI is InChI=1S/C19H14N6S/c20-17-5-6-18(24-23-17)22-13-7-12-10-21-25-19(12)14(9-13)16-8-11-3-1-2-4-15(11)26-16/h1-10H,(H2,20,23)(H,21,25)(H,22,24). The third kappa shape index (κ3) is 2.55. The molecule has 3 aromatic heterocycles. The summed E-state index contributed by atoms with van der Waals surface area (Å²) in [5, 5.41) is 20.8. The van der Waals surface area contributed by atoms with Crippen molar-refractivity contribution in [3.05, 3.63) is 60.8 Å². The van der Waals surface area contributed by atoms with Crippen molar-refractivity contribution in [2.45, 2.75) is 0 Å². The Kier molecular flexibility index (Phi) is 3.32. The fourth-order valence-electron chi connectivity index (χ4n) is 3.00. The van der Waals surface area contributed by atoms with Gasteiger partial charge in [0.05, 0.1) is 11.7 Å². The summed E-state index contributed by atoms with van der Waals surface area (Å²) in [5.74, 6) is 1.04. The summed E-state index contributed by atoms with van der Waals surface area (Å²) in [6.07, 6.45) is 1.83. The van der Waals surface area contributed by atoms with E-state index in [0.29, 0.717) is 11.6 Å². The molecular formula is C19H14N6S. The van der Waals surface area contributed by atoms with E-state index in [-0.39, 0.29) is 0 Å². The second kappa shape index (κ2) is 5.82. The summed E-state index contributed by atoms with van der Waals surface area (Å²) in [6, 6.07) is 18.3. The first-order chi connectivity index (χ1) is 12.8. The number of nitrogen functional groups attached to an aromatic ring is 1. The van der Waals surface area contributed by atoms with E-state index in [1.807, 2.05) is 12.3 Å². The van der Waals surface area contributed by atoms with Gasteiger partial charge in [-0.1, -0.05) is 18.2 Å². The van der Waals surface area contributed by atoms with Crippen molar-refractivity contribution < 1.29 is 0 Å². The molecule has 0 saturated heterocycles. The van der Waals surface area contributed by atoms with Gasteiger partial charge in [-0.25, -0.2) is 0 Å². The summed E-state index contributed by atoms with van der Waals surface area (Å²) in [7, 11) is 0. The Morgan fingerprint density at radius 1 is 0.962 bits per heavy atom. The number of nitrogens with zero attached hydrogens (tertiary/aromatic N) is 3. The van der Waals surface area contributed by atoms with E-state index in [4.69, 9.17) is 5.73 Å². The smallest absolute Gasteiger partial charge is 0.153 e. The van der Waals surface area contributed by atoms with Gasteiger partial charge in [0.1, 0.15) is 5.82 Å². The second-order valence-corrected chi connectivity index (χ2v) is 7.06. The highest BCUT2D eigenvalue weighted by atomic mass is 32.1. The molecule has 6 nitrogen and oxygen atoms in total. The third-order valence-electron chi connectivity index (χ3n) is 4.20. The largest absolute Gasteiger partial charge is 0.382 e. The normalized spacial score (nSPS) is 11.2. The number of thiophene rings is 1. The minimum absolute atomic E-state index is 0.395. The first kappa shape index (κ1) is 14.9. The average molecular weight is 358 g/mol. The molecule has 0 aliphatic heterocycles. The monoisotopic (exact) mass is 358 g/mol. The molecular weight excluding hydrogens is 344 g/mol. The number of aromatic nitrogens is 4. The van der Waals surface area contributed by atoms with Crippen molar-refractivity contribution in [1.29, 1.82) is 0 Å². The zero-order chi connectivity index (χ0) is 17.5. The Balaban J connectivity index is 1.64. The van der Waals surface area contributed by atoms with Crippen molar-refractivity contribution in [1.82, 2.24) is 20.4 Å². The molecule has 4 N–H and O–H groups in total. The topological polar surface area (TPSA) is 92.5 Å². The van der Waals surface area contributed by atoms with Gasteiger partial charge in [0.25, 0.3) is 0 Å². The molecule has 126 valence electrons. The lowest BCUT2D eigenvalue weighted by atomic mass is 10.1. The predicted octanol–water partition coefficient (Wildman–Crippen LogP) is 4.56. The summed E-state index contributed by atoms with van der Waals surface area (Å²) in [4.78, 5) is 1.19. The van der Waals surface area contributed by atoms with Crippen molar-refractivity contribution >= 4 is 49.6 Å². The molecule has 0 aliphatic rings. The van der Waals surface area contributed by atoms with Gasteiger partial charge in [-0.3, -0.25) is 5.10 Å². The van der Waals surface area contributed by atoms with E-state index in [0.717, 1.165) is 22.2 Å². The van der Waals surface area contributed by atoms with Gasteiger partial charge < -0.3 is 11.1 Å². The molecule has 5 aromatic rings. The molecule has 0 amide bonds. The Morgan fingerprint density at radius 2 is 1.88 bits per heavy atom. The number of fused-ring (bicyclic) bond motifs is 2. The first-order valence-electron chi connectivity index (χ1n) is 8.08. The molecule has 7 heteroatoms. The predicted molar refractivity (Wildman–Crippen MR) is 107 cm³/mol. The van der Waals surface area contributed by atoms with Crippen LogP contribution in [-0.4, -0.2) is 20.4 Å². The molecule has 26 heavy (non-hydrogen) atoms. The molecule has 0 atom stereocenters.